The molecule has 2 N–H and O–H groups in total. The molecule has 2 heterocycles. The van der Waals surface area contributed by atoms with Crippen LogP contribution in [0.25, 0.3) is 11.1 Å². The van der Waals surface area contributed by atoms with Crippen molar-refractivity contribution in [3.8, 4) is 11.1 Å². The van der Waals surface area contributed by atoms with E-state index in [-0.39, 0.29) is 11.9 Å². The fourth-order valence-electron chi connectivity index (χ4n) is 3.02. The van der Waals surface area contributed by atoms with Crippen LogP contribution in [0.5, 0.6) is 0 Å². The summed E-state index contributed by atoms with van der Waals surface area (Å²) >= 11 is 0. The second kappa shape index (κ2) is 6.13. The Kier molecular flexibility index (Phi) is 4.18. The van der Waals surface area contributed by atoms with Crippen LogP contribution < -0.4 is 10.6 Å². The highest BCUT2D eigenvalue weighted by atomic mass is 16.2. The molecule has 4 nitrogen and oxygen atoms in total. The summed E-state index contributed by atoms with van der Waals surface area (Å²) in [6.45, 7) is 4.23. The molecule has 0 saturated heterocycles. The monoisotopic (exact) mass is 309 g/mol. The van der Waals surface area contributed by atoms with Crippen molar-refractivity contribution >= 4 is 11.6 Å². The van der Waals surface area contributed by atoms with Crippen LogP contribution in [0.4, 0.5) is 5.69 Å². The lowest BCUT2D eigenvalue weighted by Gasteiger charge is -2.26. The number of anilines is 1. The maximum absolute atomic E-state index is 11.8. The van der Waals surface area contributed by atoms with E-state index in [1.807, 2.05) is 25.5 Å². The first-order valence-corrected chi connectivity index (χ1v) is 8.07. The molecule has 23 heavy (non-hydrogen) atoms. The minimum absolute atomic E-state index is 0.0103. The third kappa shape index (κ3) is 2.99. The Balaban J connectivity index is 1.97. The molecular formula is C19H23N3O. The zero-order chi connectivity index (χ0) is 16.6. The van der Waals surface area contributed by atoms with E-state index >= 15 is 0 Å². The maximum atomic E-state index is 11.8. The van der Waals surface area contributed by atoms with Crippen LogP contribution in [0, 0.1) is 5.92 Å². The third-order valence-corrected chi connectivity index (χ3v) is 4.62. The number of amides is 1. The van der Waals surface area contributed by atoms with Crippen LogP contribution in [-0.4, -0.2) is 17.9 Å². The molecule has 0 bridgehead atoms. The van der Waals surface area contributed by atoms with E-state index in [4.69, 9.17) is 5.73 Å². The molecule has 1 atom stereocenters. The van der Waals surface area contributed by atoms with Gasteiger partial charge in [-0.25, -0.2) is 0 Å². The van der Waals surface area contributed by atoms with Gasteiger partial charge < -0.3 is 10.6 Å². The predicted octanol–water partition coefficient (Wildman–Crippen LogP) is 3.31. The summed E-state index contributed by atoms with van der Waals surface area (Å²) in [6, 6.07) is 8.35. The number of pyridine rings is 1. The van der Waals surface area contributed by atoms with E-state index in [0.29, 0.717) is 12.3 Å². The van der Waals surface area contributed by atoms with Crippen LogP contribution in [-0.2, 0) is 11.2 Å². The number of carbonyl (C=O) groups is 1. The summed E-state index contributed by atoms with van der Waals surface area (Å²) in [6.07, 6.45) is 5.09. The van der Waals surface area contributed by atoms with Crippen molar-refractivity contribution in [1.29, 1.82) is 0 Å². The van der Waals surface area contributed by atoms with E-state index in [9.17, 15) is 4.79 Å². The molecule has 1 unspecified atom stereocenters. The van der Waals surface area contributed by atoms with Gasteiger partial charge in [-0.05, 0) is 47.2 Å². The van der Waals surface area contributed by atoms with E-state index in [1.165, 1.54) is 5.56 Å². The van der Waals surface area contributed by atoms with Gasteiger partial charge in [-0.2, -0.15) is 0 Å². The molecule has 0 fully saturated rings. The van der Waals surface area contributed by atoms with Gasteiger partial charge in [0, 0.05) is 43.2 Å². The topological polar surface area (TPSA) is 59.2 Å². The van der Waals surface area contributed by atoms with Gasteiger partial charge in [0.1, 0.15) is 0 Å². The number of nitrogens with two attached hydrogens (primary N) is 1. The second-order valence-corrected chi connectivity index (χ2v) is 6.57. The average Bonchev–Trinajstić information content (AvgIpc) is 2.57. The molecule has 1 aromatic heterocycles. The van der Waals surface area contributed by atoms with Crippen LogP contribution in [0.15, 0.2) is 36.7 Å². The molecule has 0 spiro atoms. The van der Waals surface area contributed by atoms with Gasteiger partial charge in [0.25, 0.3) is 0 Å². The molecule has 0 radical (unpaired) electrons. The highest BCUT2D eigenvalue weighted by Gasteiger charge is 2.21. The van der Waals surface area contributed by atoms with Gasteiger partial charge in [-0.3, -0.25) is 9.78 Å². The molecule has 1 aliphatic rings. The van der Waals surface area contributed by atoms with Crippen LogP contribution in [0.2, 0.25) is 0 Å². The van der Waals surface area contributed by atoms with Gasteiger partial charge in [-0.15, -0.1) is 0 Å². The van der Waals surface area contributed by atoms with Gasteiger partial charge in [0.2, 0.25) is 5.91 Å². The quantitative estimate of drug-likeness (QED) is 0.946. The Morgan fingerprint density at radius 1 is 1.13 bits per heavy atom. The number of benzene rings is 1. The van der Waals surface area contributed by atoms with Crippen molar-refractivity contribution in [2.75, 3.05) is 11.9 Å². The first-order valence-electron chi connectivity index (χ1n) is 8.07. The number of rotatable bonds is 3. The fourth-order valence-corrected chi connectivity index (χ4v) is 3.02. The summed E-state index contributed by atoms with van der Waals surface area (Å²) in [5.74, 6) is 0.548. The number of aromatic nitrogens is 1. The van der Waals surface area contributed by atoms with Gasteiger partial charge in [0.05, 0.1) is 0 Å². The highest BCUT2D eigenvalue weighted by molar-refractivity contribution is 5.96. The van der Waals surface area contributed by atoms with Crippen LogP contribution >= 0.6 is 0 Å². The Labute approximate surface area is 137 Å². The minimum atomic E-state index is -0.0103. The number of fused-ring (bicyclic) bond motifs is 1. The van der Waals surface area contributed by atoms with Crippen molar-refractivity contribution in [3.63, 3.8) is 0 Å². The van der Waals surface area contributed by atoms with E-state index < -0.39 is 0 Å². The van der Waals surface area contributed by atoms with Crippen molar-refractivity contribution in [2.45, 2.75) is 32.7 Å². The molecule has 1 amide bonds. The second-order valence-electron chi connectivity index (χ2n) is 6.57. The molecule has 2 aromatic rings. The third-order valence-electron chi connectivity index (χ3n) is 4.62. The molecule has 0 aliphatic carbocycles. The fraction of sp³-hybridized carbons (Fsp3) is 0.368. The summed E-state index contributed by atoms with van der Waals surface area (Å²) in [7, 11) is 1.84. The van der Waals surface area contributed by atoms with E-state index in [0.717, 1.165) is 28.8 Å². The summed E-state index contributed by atoms with van der Waals surface area (Å²) < 4.78 is 0. The summed E-state index contributed by atoms with van der Waals surface area (Å²) in [5.41, 5.74) is 11.7. The Hall–Kier alpha value is -2.20. The zero-order valence-corrected chi connectivity index (χ0v) is 13.9. The number of carbonyl (C=O) groups excluding carboxylic acids is 1. The van der Waals surface area contributed by atoms with Gasteiger partial charge in [-0.1, -0.05) is 19.9 Å². The number of nitrogens with zero attached hydrogens (tertiary/aromatic N) is 2. The highest BCUT2D eigenvalue weighted by Crippen LogP contribution is 2.32. The normalized spacial score (nSPS) is 15.7. The van der Waals surface area contributed by atoms with Gasteiger partial charge >= 0.3 is 0 Å². The molecule has 3 rings (SSSR count). The summed E-state index contributed by atoms with van der Waals surface area (Å²) in [5, 5.41) is 0. The number of hydrogen-bond donors (Lipinski definition) is 1. The molecular weight excluding hydrogens is 286 g/mol. The van der Waals surface area contributed by atoms with Crippen molar-refractivity contribution in [3.05, 3.63) is 47.8 Å². The minimum Gasteiger partial charge on any atom is -0.324 e. The molecule has 1 aliphatic heterocycles. The Morgan fingerprint density at radius 2 is 1.91 bits per heavy atom. The lowest BCUT2D eigenvalue weighted by atomic mass is 9.94. The molecule has 0 saturated carbocycles. The van der Waals surface area contributed by atoms with Crippen LogP contribution in [0.1, 0.15) is 37.4 Å². The van der Waals surface area contributed by atoms with Crippen molar-refractivity contribution < 1.29 is 4.79 Å². The lowest BCUT2D eigenvalue weighted by molar-refractivity contribution is -0.118. The van der Waals surface area contributed by atoms with E-state index in [2.05, 4.69) is 37.0 Å². The largest absolute Gasteiger partial charge is 0.324 e. The van der Waals surface area contributed by atoms with Crippen LogP contribution in [0.3, 0.4) is 0 Å². The Bertz CT molecular complexity index is 739. The SMILES string of the molecule is CC(C)C(N)c1cncc(-c2ccc3c(c2)CCC(=O)N3C)c1. The first-order chi connectivity index (χ1) is 11.0. The van der Waals surface area contributed by atoms with Gasteiger partial charge in [0.15, 0.2) is 0 Å². The summed E-state index contributed by atoms with van der Waals surface area (Å²) in [4.78, 5) is 17.9. The number of aryl methyl sites for hydroxylation is 1. The maximum Gasteiger partial charge on any atom is 0.227 e. The molecule has 4 heteroatoms. The average molecular weight is 309 g/mol. The smallest absolute Gasteiger partial charge is 0.227 e. The lowest BCUT2D eigenvalue weighted by Crippen LogP contribution is -2.30. The van der Waals surface area contributed by atoms with E-state index in [1.54, 1.807) is 4.90 Å². The standard InChI is InChI=1S/C19H23N3O/c1-12(2)19(20)16-9-15(10-21-11-16)13-4-6-17-14(8-13)5-7-18(23)22(17)3/h4,6,8-12,19H,5,7,20H2,1-3H3. The number of hydrogen-bond acceptors (Lipinski definition) is 3. The molecule has 1 aromatic carbocycles. The first kappa shape index (κ1) is 15.7. The Morgan fingerprint density at radius 3 is 2.65 bits per heavy atom. The zero-order valence-electron chi connectivity index (χ0n) is 13.9. The van der Waals surface area contributed by atoms with Crippen molar-refractivity contribution in [2.24, 2.45) is 11.7 Å². The molecule has 120 valence electrons. The van der Waals surface area contributed by atoms with Crippen molar-refractivity contribution in [1.82, 2.24) is 4.98 Å². The predicted molar refractivity (Wildman–Crippen MR) is 93.2 cm³/mol.